The number of esters is 1. The molecule has 0 saturated carbocycles. The minimum Gasteiger partial charge on any atom is -0.469 e. The highest BCUT2D eigenvalue weighted by Gasteiger charge is 2.31. The van der Waals surface area contributed by atoms with Crippen LogP contribution in [0, 0.1) is 6.92 Å². The van der Waals surface area contributed by atoms with E-state index in [-0.39, 0.29) is 11.9 Å². The second-order valence-electron chi connectivity index (χ2n) is 5.11. The fourth-order valence-electron chi connectivity index (χ4n) is 2.72. The van der Waals surface area contributed by atoms with Crippen LogP contribution in [0.2, 0.25) is 0 Å². The molecule has 1 atom stereocenters. The van der Waals surface area contributed by atoms with Crippen LogP contribution in [-0.4, -0.2) is 18.1 Å². The number of rotatable bonds is 2. The van der Waals surface area contributed by atoms with Gasteiger partial charge in [-0.3, -0.25) is 4.79 Å². The Bertz CT molecular complexity index is 648. The van der Waals surface area contributed by atoms with Crippen molar-refractivity contribution < 1.29 is 9.53 Å². The summed E-state index contributed by atoms with van der Waals surface area (Å²) < 4.78 is 4.91. The van der Waals surface area contributed by atoms with E-state index in [4.69, 9.17) is 9.72 Å². The zero-order valence-corrected chi connectivity index (χ0v) is 12.5. The van der Waals surface area contributed by atoms with Gasteiger partial charge in [-0.05, 0) is 31.7 Å². The predicted molar refractivity (Wildman–Crippen MR) is 80.0 cm³/mol. The van der Waals surface area contributed by atoms with E-state index in [0.29, 0.717) is 0 Å². The van der Waals surface area contributed by atoms with Gasteiger partial charge in [0.2, 0.25) is 0 Å². The van der Waals surface area contributed by atoms with Gasteiger partial charge in [0.25, 0.3) is 0 Å². The number of thiazole rings is 1. The molecule has 0 spiro atoms. The summed E-state index contributed by atoms with van der Waals surface area (Å²) >= 11 is 1.72. The van der Waals surface area contributed by atoms with Crippen LogP contribution in [0.1, 0.15) is 34.9 Å². The van der Waals surface area contributed by atoms with E-state index in [1.54, 1.807) is 11.3 Å². The molecule has 2 aromatic rings. The predicted octanol–water partition coefficient (Wildman–Crippen LogP) is 3.71. The fourth-order valence-corrected chi connectivity index (χ4v) is 3.97. The van der Waals surface area contributed by atoms with Gasteiger partial charge in [-0.1, -0.05) is 24.3 Å². The number of aromatic nitrogens is 1. The average Bonchev–Trinajstić information content (AvgIpc) is 2.90. The molecule has 1 aliphatic rings. The lowest BCUT2D eigenvalue weighted by Gasteiger charge is -2.18. The molecule has 104 valence electrons. The standard InChI is InChI=1S/C16H17NO2S/c1-10-6-3-4-7-11(10)15-17-14-12(16(18)19-2)8-5-9-13(14)20-15/h3-4,6-7,12H,5,8-9H2,1-2H3. The number of ether oxygens (including phenoxy) is 1. The third-order valence-electron chi connectivity index (χ3n) is 3.82. The number of carbonyl (C=O) groups excluding carboxylic acids is 1. The van der Waals surface area contributed by atoms with Gasteiger partial charge in [0.15, 0.2) is 0 Å². The van der Waals surface area contributed by atoms with Crippen LogP contribution in [0.25, 0.3) is 10.6 Å². The summed E-state index contributed by atoms with van der Waals surface area (Å²) in [6, 6.07) is 8.24. The van der Waals surface area contributed by atoms with E-state index < -0.39 is 0 Å². The second kappa shape index (κ2) is 5.37. The van der Waals surface area contributed by atoms with Crippen molar-refractivity contribution in [1.29, 1.82) is 0 Å². The van der Waals surface area contributed by atoms with Crippen molar-refractivity contribution in [2.75, 3.05) is 7.11 Å². The SMILES string of the molecule is COC(=O)C1CCCc2sc(-c3ccccc3C)nc21. The third kappa shape index (κ3) is 2.24. The van der Waals surface area contributed by atoms with E-state index in [1.807, 2.05) is 12.1 Å². The Morgan fingerprint density at radius 3 is 2.95 bits per heavy atom. The van der Waals surface area contributed by atoms with Crippen molar-refractivity contribution in [3.8, 4) is 10.6 Å². The fraction of sp³-hybridized carbons (Fsp3) is 0.375. The minimum absolute atomic E-state index is 0.160. The first-order chi connectivity index (χ1) is 9.70. The summed E-state index contributed by atoms with van der Waals surface area (Å²) in [4.78, 5) is 17.9. The maximum absolute atomic E-state index is 11.9. The van der Waals surface area contributed by atoms with Gasteiger partial charge >= 0.3 is 5.97 Å². The monoisotopic (exact) mass is 287 g/mol. The molecular formula is C16H17NO2S. The van der Waals surface area contributed by atoms with Gasteiger partial charge in [-0.2, -0.15) is 0 Å². The molecule has 4 heteroatoms. The Balaban J connectivity index is 2.04. The highest BCUT2D eigenvalue weighted by molar-refractivity contribution is 7.15. The molecule has 0 N–H and O–H groups in total. The van der Waals surface area contributed by atoms with Crippen molar-refractivity contribution in [3.05, 3.63) is 40.4 Å². The molecule has 20 heavy (non-hydrogen) atoms. The molecule has 3 nitrogen and oxygen atoms in total. The van der Waals surface area contributed by atoms with E-state index in [1.165, 1.54) is 17.6 Å². The maximum Gasteiger partial charge on any atom is 0.314 e. The molecule has 0 radical (unpaired) electrons. The van der Waals surface area contributed by atoms with Crippen LogP contribution < -0.4 is 0 Å². The first-order valence-electron chi connectivity index (χ1n) is 6.84. The van der Waals surface area contributed by atoms with Crippen LogP contribution in [0.5, 0.6) is 0 Å². The Labute approximate surface area is 122 Å². The zero-order chi connectivity index (χ0) is 14.1. The molecule has 1 heterocycles. The lowest BCUT2D eigenvalue weighted by atomic mass is 9.91. The van der Waals surface area contributed by atoms with Crippen LogP contribution in [-0.2, 0) is 16.0 Å². The third-order valence-corrected chi connectivity index (χ3v) is 4.98. The van der Waals surface area contributed by atoms with Crippen LogP contribution >= 0.6 is 11.3 Å². The number of hydrogen-bond acceptors (Lipinski definition) is 4. The number of hydrogen-bond donors (Lipinski definition) is 0. The largest absolute Gasteiger partial charge is 0.469 e. The summed E-state index contributed by atoms with van der Waals surface area (Å²) in [6.45, 7) is 2.09. The van der Waals surface area contributed by atoms with E-state index in [9.17, 15) is 4.79 Å². The molecule has 0 fully saturated rings. The number of carbonyl (C=O) groups is 1. The van der Waals surface area contributed by atoms with Gasteiger partial charge in [-0.15, -0.1) is 11.3 Å². The maximum atomic E-state index is 11.9. The van der Waals surface area contributed by atoms with Crippen molar-refractivity contribution >= 4 is 17.3 Å². The van der Waals surface area contributed by atoms with Gasteiger partial charge in [-0.25, -0.2) is 4.98 Å². The van der Waals surface area contributed by atoms with Gasteiger partial charge < -0.3 is 4.74 Å². The van der Waals surface area contributed by atoms with Crippen molar-refractivity contribution in [1.82, 2.24) is 4.98 Å². The zero-order valence-electron chi connectivity index (χ0n) is 11.7. The van der Waals surface area contributed by atoms with E-state index in [2.05, 4.69) is 19.1 Å². The lowest BCUT2D eigenvalue weighted by molar-refractivity contribution is -0.142. The molecule has 0 saturated heterocycles. The van der Waals surface area contributed by atoms with E-state index in [0.717, 1.165) is 35.5 Å². The van der Waals surface area contributed by atoms with Gasteiger partial charge in [0.1, 0.15) is 10.9 Å². The molecule has 1 aromatic heterocycles. The second-order valence-corrected chi connectivity index (χ2v) is 6.19. The highest BCUT2D eigenvalue weighted by Crippen LogP contribution is 2.39. The number of benzene rings is 1. The van der Waals surface area contributed by atoms with Crippen LogP contribution in [0.3, 0.4) is 0 Å². The number of fused-ring (bicyclic) bond motifs is 1. The molecule has 0 aliphatic heterocycles. The molecule has 0 bridgehead atoms. The molecule has 1 aliphatic carbocycles. The van der Waals surface area contributed by atoms with Crippen molar-refractivity contribution in [2.45, 2.75) is 32.1 Å². The normalized spacial score (nSPS) is 17.6. The smallest absolute Gasteiger partial charge is 0.314 e. The van der Waals surface area contributed by atoms with Crippen LogP contribution in [0.15, 0.2) is 24.3 Å². The summed E-state index contributed by atoms with van der Waals surface area (Å²) in [6.07, 6.45) is 2.89. The quantitative estimate of drug-likeness (QED) is 0.790. The minimum atomic E-state index is -0.183. The number of methoxy groups -OCH3 is 1. The summed E-state index contributed by atoms with van der Waals surface area (Å²) in [5.74, 6) is -0.342. The highest BCUT2D eigenvalue weighted by atomic mass is 32.1. The summed E-state index contributed by atoms with van der Waals surface area (Å²) in [7, 11) is 1.45. The number of nitrogens with zero attached hydrogens (tertiary/aromatic N) is 1. The van der Waals surface area contributed by atoms with Crippen LogP contribution in [0.4, 0.5) is 0 Å². The molecule has 0 amide bonds. The Kier molecular flexibility index (Phi) is 3.57. The summed E-state index contributed by atoms with van der Waals surface area (Å²) in [5.41, 5.74) is 3.31. The Morgan fingerprint density at radius 2 is 2.20 bits per heavy atom. The van der Waals surface area contributed by atoms with Crippen molar-refractivity contribution in [3.63, 3.8) is 0 Å². The molecule has 1 unspecified atom stereocenters. The van der Waals surface area contributed by atoms with Gasteiger partial charge in [0.05, 0.1) is 12.8 Å². The average molecular weight is 287 g/mol. The van der Waals surface area contributed by atoms with Crippen molar-refractivity contribution in [2.24, 2.45) is 0 Å². The molecule has 1 aromatic carbocycles. The number of aryl methyl sites for hydroxylation is 2. The topological polar surface area (TPSA) is 39.2 Å². The lowest BCUT2D eigenvalue weighted by Crippen LogP contribution is -2.19. The summed E-state index contributed by atoms with van der Waals surface area (Å²) in [5, 5.41) is 1.02. The van der Waals surface area contributed by atoms with Gasteiger partial charge in [0, 0.05) is 10.4 Å². The Hall–Kier alpha value is -1.68. The Morgan fingerprint density at radius 1 is 1.40 bits per heavy atom. The van der Waals surface area contributed by atoms with E-state index >= 15 is 0 Å². The first-order valence-corrected chi connectivity index (χ1v) is 7.65. The first kappa shape index (κ1) is 13.3. The molecular weight excluding hydrogens is 270 g/mol. The molecule has 3 rings (SSSR count).